The molecule has 0 aliphatic carbocycles. The van der Waals surface area contributed by atoms with Crippen LogP contribution in [0.1, 0.15) is 64.0 Å². The Kier molecular flexibility index (Phi) is 9.93. The molecule has 0 radical (unpaired) electrons. The predicted octanol–water partition coefficient (Wildman–Crippen LogP) is 7.93. The normalized spacial score (nSPS) is 19.4. The number of hydrogen-bond acceptors (Lipinski definition) is 6. The average molecular weight is 613 g/mol. The molecule has 7 heteroatoms. The molecule has 228 valence electrons. The van der Waals surface area contributed by atoms with E-state index in [-0.39, 0.29) is 30.7 Å². The van der Waals surface area contributed by atoms with Gasteiger partial charge in [0.2, 0.25) is 5.78 Å². The van der Waals surface area contributed by atoms with Gasteiger partial charge in [0.1, 0.15) is 11.5 Å². The topological polar surface area (TPSA) is 63.2 Å². The molecule has 6 nitrogen and oxygen atoms in total. The highest BCUT2D eigenvalue weighted by molar-refractivity contribution is 6.34. The van der Waals surface area contributed by atoms with Crippen LogP contribution in [0.25, 0.3) is 0 Å². The highest BCUT2D eigenvalue weighted by Gasteiger charge is 2.37. The minimum absolute atomic E-state index is 0.0289. The summed E-state index contributed by atoms with van der Waals surface area (Å²) in [7, 11) is 0. The zero-order valence-electron chi connectivity index (χ0n) is 24.9. The van der Waals surface area contributed by atoms with Crippen molar-refractivity contribution in [1.82, 2.24) is 0 Å². The van der Waals surface area contributed by atoms with Gasteiger partial charge < -0.3 is 23.7 Å². The van der Waals surface area contributed by atoms with Gasteiger partial charge in [-0.15, -0.1) is 0 Å². The lowest BCUT2D eigenvalue weighted by Crippen LogP contribution is -2.36. The molecule has 0 N–H and O–H groups in total. The van der Waals surface area contributed by atoms with Crippen molar-refractivity contribution in [2.45, 2.75) is 57.7 Å². The molecule has 4 aromatic rings. The number of halogens is 1. The molecule has 0 saturated carbocycles. The number of benzene rings is 4. The Morgan fingerprint density at radius 2 is 1.57 bits per heavy atom. The highest BCUT2D eigenvalue weighted by atomic mass is 35.5. The Labute approximate surface area is 263 Å². The number of ether oxygens (including phenoxy) is 5. The van der Waals surface area contributed by atoms with Crippen molar-refractivity contribution in [3.05, 3.63) is 129 Å². The fourth-order valence-electron chi connectivity index (χ4n) is 5.90. The molecule has 1 saturated heterocycles. The Morgan fingerprint density at radius 3 is 2.27 bits per heavy atom. The molecule has 0 aromatic heterocycles. The third-order valence-electron chi connectivity index (χ3n) is 8.03. The molecule has 2 aliphatic rings. The van der Waals surface area contributed by atoms with Crippen LogP contribution in [0, 0.1) is 0 Å². The summed E-state index contributed by atoms with van der Waals surface area (Å²) in [4.78, 5) is 13.1. The van der Waals surface area contributed by atoms with Gasteiger partial charge in [0.15, 0.2) is 6.61 Å². The van der Waals surface area contributed by atoms with Gasteiger partial charge in [-0.3, -0.25) is 4.79 Å². The van der Waals surface area contributed by atoms with E-state index in [1.165, 1.54) is 0 Å². The van der Waals surface area contributed by atoms with Crippen LogP contribution in [0.5, 0.6) is 11.5 Å². The molecular formula is C37H37ClO6. The van der Waals surface area contributed by atoms with Crippen molar-refractivity contribution >= 4 is 17.4 Å². The molecule has 2 aliphatic heterocycles. The number of carbonyl (C=O) groups excluding carboxylic acids is 1. The van der Waals surface area contributed by atoms with Gasteiger partial charge in [0, 0.05) is 12.8 Å². The van der Waals surface area contributed by atoms with E-state index in [4.69, 9.17) is 35.3 Å². The van der Waals surface area contributed by atoms with Crippen molar-refractivity contribution in [2.75, 3.05) is 19.8 Å². The van der Waals surface area contributed by atoms with Gasteiger partial charge in [-0.05, 0) is 53.3 Å². The largest absolute Gasteiger partial charge is 0.494 e. The van der Waals surface area contributed by atoms with Gasteiger partial charge in [-0.1, -0.05) is 90.5 Å². The van der Waals surface area contributed by atoms with Crippen LogP contribution in [-0.4, -0.2) is 37.8 Å². The minimum Gasteiger partial charge on any atom is -0.494 e. The van der Waals surface area contributed by atoms with E-state index in [1.807, 2.05) is 85.8 Å². The number of carbonyl (C=O) groups is 1. The van der Waals surface area contributed by atoms with Crippen LogP contribution in [0.2, 0.25) is 5.02 Å². The molecule has 3 unspecified atom stereocenters. The zero-order chi connectivity index (χ0) is 30.3. The molecule has 0 amide bonds. The third kappa shape index (κ3) is 7.33. The van der Waals surface area contributed by atoms with E-state index in [0.29, 0.717) is 62.0 Å². The van der Waals surface area contributed by atoms with Crippen LogP contribution in [0.15, 0.2) is 91.0 Å². The van der Waals surface area contributed by atoms with Crippen molar-refractivity contribution in [3.63, 3.8) is 0 Å². The summed E-state index contributed by atoms with van der Waals surface area (Å²) in [5.41, 5.74) is 5.49. The van der Waals surface area contributed by atoms with E-state index in [9.17, 15) is 4.79 Å². The molecule has 3 atom stereocenters. The summed E-state index contributed by atoms with van der Waals surface area (Å²) in [6.45, 7) is 3.95. The quantitative estimate of drug-likeness (QED) is 0.162. The van der Waals surface area contributed by atoms with Gasteiger partial charge in [0.25, 0.3) is 0 Å². The average Bonchev–Trinajstić information content (AvgIpc) is 3.45. The number of hydrogen-bond donors (Lipinski definition) is 0. The molecule has 44 heavy (non-hydrogen) atoms. The van der Waals surface area contributed by atoms with E-state index < -0.39 is 0 Å². The molecule has 4 aromatic carbocycles. The van der Waals surface area contributed by atoms with Gasteiger partial charge in [0.05, 0.1) is 55.3 Å². The first-order chi connectivity index (χ1) is 21.6. The number of ketones is 1. The second-order valence-corrected chi connectivity index (χ2v) is 11.6. The van der Waals surface area contributed by atoms with E-state index in [2.05, 4.69) is 12.1 Å². The molecule has 0 spiro atoms. The predicted molar refractivity (Wildman–Crippen MR) is 170 cm³/mol. The van der Waals surface area contributed by atoms with Crippen LogP contribution < -0.4 is 9.47 Å². The maximum absolute atomic E-state index is 13.1. The third-order valence-corrected chi connectivity index (χ3v) is 8.45. The van der Waals surface area contributed by atoms with Crippen molar-refractivity contribution in [1.29, 1.82) is 0 Å². The van der Waals surface area contributed by atoms with Gasteiger partial charge in [-0.25, -0.2) is 0 Å². The lowest BCUT2D eigenvalue weighted by atomic mass is 9.89. The summed E-state index contributed by atoms with van der Waals surface area (Å²) in [6, 6.07) is 30.3. The van der Waals surface area contributed by atoms with Crippen molar-refractivity contribution < 1.29 is 28.5 Å². The number of Topliss-reactive ketones (excluding diaryl/α,β-unsaturated/α-hetero) is 1. The standard InChI is InChI=1S/C37H37ClO6/c1-2-41-29-15-13-25(14-16-29)17-28-18-32(35-33(39)24-43-37(35)36(28)38)34-20-30(42-22-27-11-7-4-8-12-27)19-31(44-34)23-40-21-26-9-5-3-6-10-26/h3-16,18,30-31,34H,2,17,19-24H2,1H3. The van der Waals surface area contributed by atoms with Crippen molar-refractivity contribution in [2.24, 2.45) is 0 Å². The SMILES string of the molecule is CCOc1ccc(Cc2cc(C3CC(OCc4ccccc4)CC(COCc4ccccc4)O3)c3c(c2Cl)OCC3=O)cc1. The fraction of sp³-hybridized carbons (Fsp3) is 0.324. The minimum atomic E-state index is -0.384. The maximum atomic E-state index is 13.1. The molecule has 1 fully saturated rings. The van der Waals surface area contributed by atoms with Crippen LogP contribution in [0.3, 0.4) is 0 Å². The smallest absolute Gasteiger partial charge is 0.204 e. The Balaban J connectivity index is 1.26. The second-order valence-electron chi connectivity index (χ2n) is 11.2. The first-order valence-corrected chi connectivity index (χ1v) is 15.6. The first-order valence-electron chi connectivity index (χ1n) is 15.2. The molecule has 0 bridgehead atoms. The second kappa shape index (κ2) is 14.4. The summed E-state index contributed by atoms with van der Waals surface area (Å²) >= 11 is 6.88. The van der Waals surface area contributed by atoms with E-state index in [0.717, 1.165) is 33.6 Å². The van der Waals surface area contributed by atoms with Crippen LogP contribution in [0.4, 0.5) is 0 Å². The van der Waals surface area contributed by atoms with Gasteiger partial charge in [-0.2, -0.15) is 0 Å². The fourth-order valence-corrected chi connectivity index (χ4v) is 6.17. The number of fused-ring (bicyclic) bond motifs is 1. The Hall–Kier alpha value is -3.68. The first kappa shape index (κ1) is 30.4. The Bertz CT molecular complexity index is 1540. The summed E-state index contributed by atoms with van der Waals surface area (Å²) < 4.78 is 30.7. The summed E-state index contributed by atoms with van der Waals surface area (Å²) in [5, 5.41) is 0.471. The Morgan fingerprint density at radius 1 is 0.864 bits per heavy atom. The maximum Gasteiger partial charge on any atom is 0.204 e. The van der Waals surface area contributed by atoms with Crippen molar-refractivity contribution in [3.8, 4) is 11.5 Å². The van der Waals surface area contributed by atoms with Crippen LogP contribution >= 0.6 is 11.6 Å². The summed E-state index contributed by atoms with van der Waals surface area (Å²) in [6.07, 6.45) is 1.19. The highest BCUT2D eigenvalue weighted by Crippen LogP contribution is 2.45. The van der Waals surface area contributed by atoms with E-state index in [1.54, 1.807) is 0 Å². The van der Waals surface area contributed by atoms with Gasteiger partial charge >= 0.3 is 0 Å². The summed E-state index contributed by atoms with van der Waals surface area (Å²) in [5.74, 6) is 1.18. The molecule has 2 heterocycles. The molecule has 6 rings (SSSR count). The lowest BCUT2D eigenvalue weighted by molar-refractivity contribution is -0.142. The lowest BCUT2D eigenvalue weighted by Gasteiger charge is -2.36. The molecular weight excluding hydrogens is 576 g/mol. The van der Waals surface area contributed by atoms with Crippen LogP contribution in [-0.2, 0) is 33.8 Å². The number of rotatable bonds is 12. The zero-order valence-corrected chi connectivity index (χ0v) is 25.6. The monoisotopic (exact) mass is 612 g/mol. The van der Waals surface area contributed by atoms with E-state index >= 15 is 0 Å².